The first-order valence-electron chi connectivity index (χ1n) is 11.2. The van der Waals surface area contributed by atoms with Gasteiger partial charge in [-0.3, -0.25) is 0 Å². The van der Waals surface area contributed by atoms with Crippen LogP contribution in [0.5, 0.6) is 0 Å². The minimum atomic E-state index is -3.46. The summed E-state index contributed by atoms with van der Waals surface area (Å²) < 4.78 is 28.2. The fraction of sp³-hybridized carbons (Fsp3) is 0.478. The Balaban J connectivity index is 1.27. The van der Waals surface area contributed by atoms with Crippen LogP contribution in [0, 0.1) is 6.92 Å². The van der Waals surface area contributed by atoms with E-state index in [9.17, 15) is 8.42 Å². The van der Waals surface area contributed by atoms with E-state index in [1.54, 1.807) is 21.7 Å². The number of aromatic nitrogens is 2. The molecule has 1 saturated heterocycles. The van der Waals surface area contributed by atoms with Gasteiger partial charge in [0.05, 0.1) is 10.3 Å². The fourth-order valence-corrected chi connectivity index (χ4v) is 8.08. The Bertz CT molecular complexity index is 1290. The number of aryl methyl sites for hydroxylation is 5. The maximum atomic E-state index is 13.3. The van der Waals surface area contributed by atoms with E-state index in [-0.39, 0.29) is 0 Å². The number of sulfonamides is 1. The highest BCUT2D eigenvalue weighted by molar-refractivity contribution is 7.89. The molecule has 6 rings (SSSR count). The van der Waals surface area contributed by atoms with E-state index in [2.05, 4.69) is 4.90 Å². The average molecular weight is 455 g/mol. The maximum absolute atomic E-state index is 13.3. The number of hydrogen-bond acceptors (Lipinski definition) is 6. The molecule has 0 N–H and O–H groups in total. The van der Waals surface area contributed by atoms with Gasteiger partial charge < -0.3 is 4.90 Å². The summed E-state index contributed by atoms with van der Waals surface area (Å²) in [6, 6.07) is 5.69. The number of anilines is 1. The van der Waals surface area contributed by atoms with Crippen LogP contribution in [0.15, 0.2) is 23.1 Å². The molecule has 2 aliphatic carbocycles. The summed E-state index contributed by atoms with van der Waals surface area (Å²) in [5.41, 5.74) is 3.92. The Labute approximate surface area is 187 Å². The van der Waals surface area contributed by atoms with Crippen molar-refractivity contribution >= 4 is 37.4 Å². The molecular weight excluding hydrogens is 428 g/mol. The van der Waals surface area contributed by atoms with Gasteiger partial charge in [-0.15, -0.1) is 11.3 Å². The van der Waals surface area contributed by atoms with Crippen molar-refractivity contribution in [2.45, 2.75) is 50.3 Å². The molecule has 31 heavy (non-hydrogen) atoms. The lowest BCUT2D eigenvalue weighted by atomic mass is 10.1. The van der Waals surface area contributed by atoms with E-state index in [0.717, 1.165) is 48.6 Å². The summed E-state index contributed by atoms with van der Waals surface area (Å²) in [6.45, 7) is 4.22. The first-order chi connectivity index (χ1) is 15.0. The largest absolute Gasteiger partial charge is 0.353 e. The summed E-state index contributed by atoms with van der Waals surface area (Å²) in [4.78, 5) is 14.7. The van der Waals surface area contributed by atoms with Crippen LogP contribution in [0.1, 0.15) is 40.2 Å². The van der Waals surface area contributed by atoms with Gasteiger partial charge >= 0.3 is 0 Å². The highest BCUT2D eigenvalue weighted by Crippen LogP contribution is 2.41. The zero-order valence-corrected chi connectivity index (χ0v) is 19.4. The molecule has 6 nitrogen and oxygen atoms in total. The monoisotopic (exact) mass is 454 g/mol. The highest BCUT2D eigenvalue weighted by atomic mass is 32.2. The molecule has 0 radical (unpaired) electrons. The lowest BCUT2D eigenvalue weighted by Gasteiger charge is -2.35. The van der Waals surface area contributed by atoms with E-state index < -0.39 is 10.0 Å². The van der Waals surface area contributed by atoms with Crippen molar-refractivity contribution in [1.29, 1.82) is 0 Å². The second-order valence-corrected chi connectivity index (χ2v) is 11.8. The molecule has 3 aliphatic rings. The van der Waals surface area contributed by atoms with Crippen molar-refractivity contribution in [3.05, 3.63) is 45.6 Å². The van der Waals surface area contributed by atoms with Gasteiger partial charge in [-0.05, 0) is 74.3 Å². The second kappa shape index (κ2) is 7.25. The number of rotatable bonds is 3. The lowest BCUT2D eigenvalue weighted by Crippen LogP contribution is -2.49. The molecule has 0 unspecified atom stereocenters. The van der Waals surface area contributed by atoms with Crippen molar-refractivity contribution in [3.8, 4) is 0 Å². The molecule has 0 atom stereocenters. The molecule has 3 heterocycles. The van der Waals surface area contributed by atoms with Gasteiger partial charge in [0.15, 0.2) is 0 Å². The van der Waals surface area contributed by atoms with Gasteiger partial charge in [0, 0.05) is 31.1 Å². The summed E-state index contributed by atoms with van der Waals surface area (Å²) >= 11 is 1.81. The van der Waals surface area contributed by atoms with Crippen molar-refractivity contribution in [1.82, 2.24) is 14.3 Å². The topological polar surface area (TPSA) is 66.4 Å². The zero-order chi connectivity index (χ0) is 21.2. The maximum Gasteiger partial charge on any atom is 0.243 e. The molecule has 162 valence electrons. The Morgan fingerprint density at radius 3 is 2.55 bits per heavy atom. The predicted octanol–water partition coefficient (Wildman–Crippen LogP) is 3.49. The number of nitrogens with zero attached hydrogens (tertiary/aromatic N) is 4. The van der Waals surface area contributed by atoms with Crippen LogP contribution in [-0.2, 0) is 35.7 Å². The number of piperazine rings is 1. The van der Waals surface area contributed by atoms with Crippen LogP contribution < -0.4 is 4.90 Å². The van der Waals surface area contributed by atoms with Crippen LogP contribution >= 0.6 is 11.3 Å². The van der Waals surface area contributed by atoms with Crippen LogP contribution in [-0.4, -0.2) is 48.9 Å². The molecule has 0 spiro atoms. The Morgan fingerprint density at radius 2 is 1.71 bits per heavy atom. The van der Waals surface area contributed by atoms with Gasteiger partial charge in [0.25, 0.3) is 0 Å². The quantitative estimate of drug-likeness (QED) is 0.606. The zero-order valence-electron chi connectivity index (χ0n) is 17.7. The Hall–Kier alpha value is -2.03. The van der Waals surface area contributed by atoms with E-state index in [1.165, 1.54) is 33.4 Å². The summed E-state index contributed by atoms with van der Waals surface area (Å²) in [5, 5.41) is 1.21. The predicted molar refractivity (Wildman–Crippen MR) is 124 cm³/mol. The minimum absolute atomic E-state index is 0.442. The molecule has 0 amide bonds. The molecule has 1 aromatic carbocycles. The third kappa shape index (κ3) is 3.18. The van der Waals surface area contributed by atoms with Gasteiger partial charge in [-0.2, -0.15) is 4.31 Å². The van der Waals surface area contributed by atoms with E-state index in [0.29, 0.717) is 31.1 Å². The van der Waals surface area contributed by atoms with Crippen molar-refractivity contribution in [2.75, 3.05) is 31.1 Å². The number of benzene rings is 1. The van der Waals surface area contributed by atoms with Crippen LogP contribution in [0.25, 0.3) is 10.2 Å². The van der Waals surface area contributed by atoms with E-state index in [4.69, 9.17) is 9.97 Å². The van der Waals surface area contributed by atoms with Crippen LogP contribution in [0.2, 0.25) is 0 Å². The first kappa shape index (κ1) is 19.6. The van der Waals surface area contributed by atoms with Gasteiger partial charge in [0.2, 0.25) is 10.0 Å². The standard InChI is InChI=1S/C23H26N4O2S2/c1-15-24-22(21-19-6-3-7-20(19)30-23(21)25-15)26-10-12-27(13-11-26)31(28,29)18-9-8-16-4-2-5-17(16)14-18/h8-9,14H,2-7,10-13H2,1H3. The average Bonchev–Trinajstić information content (AvgIpc) is 3.48. The smallest absolute Gasteiger partial charge is 0.243 e. The highest BCUT2D eigenvalue weighted by Gasteiger charge is 2.31. The molecular formula is C23H26N4O2S2. The third-order valence-corrected chi connectivity index (χ3v) is 9.98. The SMILES string of the molecule is Cc1nc(N2CCN(S(=O)(=O)c3ccc4c(c3)CCC4)CC2)c2c3c(sc2n1)CCC3. The first-order valence-corrected chi connectivity index (χ1v) is 13.4. The van der Waals surface area contributed by atoms with Crippen molar-refractivity contribution < 1.29 is 8.42 Å². The Morgan fingerprint density at radius 1 is 0.935 bits per heavy atom. The number of thiophene rings is 1. The summed E-state index contributed by atoms with van der Waals surface area (Å²) in [6.07, 6.45) is 6.62. The van der Waals surface area contributed by atoms with E-state index >= 15 is 0 Å². The molecule has 3 aromatic rings. The van der Waals surface area contributed by atoms with Crippen molar-refractivity contribution in [3.63, 3.8) is 0 Å². The van der Waals surface area contributed by atoms with Crippen LogP contribution in [0.3, 0.4) is 0 Å². The number of hydrogen-bond donors (Lipinski definition) is 0. The van der Waals surface area contributed by atoms with Gasteiger partial charge in [-0.1, -0.05) is 6.07 Å². The third-order valence-electron chi connectivity index (χ3n) is 6.90. The normalized spacial score (nSPS) is 19.2. The number of fused-ring (bicyclic) bond motifs is 4. The Kier molecular flexibility index (Phi) is 4.59. The second-order valence-electron chi connectivity index (χ2n) is 8.81. The minimum Gasteiger partial charge on any atom is -0.353 e. The fourth-order valence-electron chi connectivity index (χ4n) is 5.31. The van der Waals surface area contributed by atoms with Gasteiger partial charge in [0.1, 0.15) is 16.5 Å². The molecule has 1 fully saturated rings. The molecule has 0 bridgehead atoms. The molecule has 2 aromatic heterocycles. The molecule has 0 saturated carbocycles. The van der Waals surface area contributed by atoms with Crippen molar-refractivity contribution in [2.24, 2.45) is 0 Å². The molecule has 8 heteroatoms. The van der Waals surface area contributed by atoms with E-state index in [1.807, 2.05) is 19.1 Å². The van der Waals surface area contributed by atoms with Crippen LogP contribution in [0.4, 0.5) is 5.82 Å². The summed E-state index contributed by atoms with van der Waals surface area (Å²) in [5.74, 6) is 1.78. The molecule has 1 aliphatic heterocycles. The van der Waals surface area contributed by atoms with Gasteiger partial charge in [-0.25, -0.2) is 18.4 Å². The summed E-state index contributed by atoms with van der Waals surface area (Å²) in [7, 11) is -3.46. The lowest BCUT2D eigenvalue weighted by molar-refractivity contribution is 0.384.